The number of imidazole rings is 1. The Hall–Kier alpha value is -3.77. The molecular weight excluding hydrogens is 459 g/mol. The van der Waals surface area contributed by atoms with Crippen LogP contribution >= 0.6 is 0 Å². The number of nitrogens with zero attached hydrogens (tertiary/aromatic N) is 4. The molecule has 2 N–H and O–H groups in total. The molecule has 3 aromatic rings. The number of benzene rings is 1. The highest BCUT2D eigenvalue weighted by Gasteiger charge is 2.31. The molecule has 0 radical (unpaired) electrons. The van der Waals surface area contributed by atoms with E-state index in [9.17, 15) is 27.6 Å². The van der Waals surface area contributed by atoms with Crippen molar-refractivity contribution in [2.45, 2.75) is 44.1 Å². The smallest absolute Gasteiger partial charge is 0.450 e. The van der Waals surface area contributed by atoms with Crippen LogP contribution in [0.25, 0.3) is 11.2 Å². The molecule has 34 heavy (non-hydrogen) atoms. The molecular formula is C21H22F3N5O5. The zero-order chi connectivity index (χ0) is 24.8. The van der Waals surface area contributed by atoms with E-state index >= 15 is 0 Å². The molecule has 1 aliphatic carbocycles. The summed E-state index contributed by atoms with van der Waals surface area (Å²) in [6.45, 7) is -0.204. The van der Waals surface area contributed by atoms with Gasteiger partial charge in [-0.25, -0.2) is 9.59 Å². The van der Waals surface area contributed by atoms with E-state index in [1.54, 1.807) is 7.05 Å². The number of fused-ring (bicyclic) bond motifs is 1. The first-order chi connectivity index (χ1) is 16.0. The molecule has 0 amide bonds. The van der Waals surface area contributed by atoms with Gasteiger partial charge in [-0.05, 0) is 30.5 Å². The summed E-state index contributed by atoms with van der Waals surface area (Å²) < 4.78 is 46.9. The molecule has 4 rings (SSSR count). The maximum absolute atomic E-state index is 13.2. The van der Waals surface area contributed by atoms with E-state index in [-0.39, 0.29) is 23.8 Å². The molecule has 0 saturated heterocycles. The summed E-state index contributed by atoms with van der Waals surface area (Å²) in [5.74, 6) is 0.329. The van der Waals surface area contributed by atoms with Crippen LogP contribution in [0.1, 0.15) is 30.4 Å². The Morgan fingerprint density at radius 1 is 1.18 bits per heavy atom. The van der Waals surface area contributed by atoms with Crippen molar-refractivity contribution in [1.29, 1.82) is 0 Å². The number of aromatic nitrogens is 4. The fraction of sp³-hybridized carbons (Fsp3) is 0.429. The zero-order valence-electron chi connectivity index (χ0n) is 18.3. The molecule has 2 aromatic heterocycles. The standard InChI is InChI=1S/C21H22F3N5O5/c1-27-15-16(26-18(27)25-13-7-8-14(9-13)34-20(32)33)28(2)19(31)29(17(15)30)10-11-3-5-12(6-4-11)21(22,23)24/h3-6,13-14H,7-10H2,1-2H3,(H,25,26)(H,32,33)/t13-,14?/m0/s1. The lowest BCUT2D eigenvalue weighted by molar-refractivity contribution is -0.137. The molecule has 2 atom stereocenters. The summed E-state index contributed by atoms with van der Waals surface area (Å²) in [5, 5.41) is 12.0. The molecule has 13 heteroatoms. The molecule has 1 fully saturated rings. The second kappa shape index (κ2) is 8.54. The largest absolute Gasteiger partial charge is 0.506 e. The number of carbonyl (C=O) groups is 1. The van der Waals surface area contributed by atoms with Gasteiger partial charge in [0, 0.05) is 26.6 Å². The van der Waals surface area contributed by atoms with Crippen LogP contribution < -0.4 is 16.6 Å². The van der Waals surface area contributed by atoms with Crippen LogP contribution in [-0.4, -0.2) is 42.1 Å². The first-order valence-corrected chi connectivity index (χ1v) is 10.4. The van der Waals surface area contributed by atoms with Crippen LogP contribution in [-0.2, 0) is 31.6 Å². The third kappa shape index (κ3) is 4.37. The van der Waals surface area contributed by atoms with Crippen molar-refractivity contribution in [2.24, 2.45) is 14.1 Å². The van der Waals surface area contributed by atoms with Gasteiger partial charge in [0.25, 0.3) is 5.56 Å². The topological polar surface area (TPSA) is 120 Å². The molecule has 1 unspecified atom stereocenters. The van der Waals surface area contributed by atoms with Crippen LogP contribution in [0.5, 0.6) is 0 Å². The average molecular weight is 481 g/mol. The van der Waals surface area contributed by atoms with E-state index in [0.717, 1.165) is 16.7 Å². The van der Waals surface area contributed by atoms with Gasteiger partial charge in [0.05, 0.1) is 12.1 Å². The molecule has 1 aliphatic rings. The van der Waals surface area contributed by atoms with E-state index in [4.69, 9.17) is 9.84 Å². The molecule has 0 aliphatic heterocycles. The number of hydrogen-bond acceptors (Lipinski definition) is 6. The molecule has 182 valence electrons. The quantitative estimate of drug-likeness (QED) is 0.538. The van der Waals surface area contributed by atoms with Crippen LogP contribution in [0.15, 0.2) is 33.9 Å². The second-order valence-electron chi connectivity index (χ2n) is 8.25. The Balaban J connectivity index is 1.65. The Labute approximate surface area is 190 Å². The monoisotopic (exact) mass is 481 g/mol. The minimum atomic E-state index is -4.48. The number of rotatable bonds is 5. The highest BCUT2D eigenvalue weighted by molar-refractivity contribution is 5.74. The maximum Gasteiger partial charge on any atom is 0.506 e. The van der Waals surface area contributed by atoms with E-state index in [1.807, 2.05) is 0 Å². The highest BCUT2D eigenvalue weighted by Crippen LogP contribution is 2.29. The second-order valence-corrected chi connectivity index (χ2v) is 8.25. The summed E-state index contributed by atoms with van der Waals surface area (Å²) >= 11 is 0. The zero-order valence-corrected chi connectivity index (χ0v) is 18.3. The van der Waals surface area contributed by atoms with Gasteiger partial charge >= 0.3 is 18.0 Å². The lowest BCUT2D eigenvalue weighted by Crippen LogP contribution is -2.39. The van der Waals surface area contributed by atoms with Crippen molar-refractivity contribution < 1.29 is 27.8 Å². The van der Waals surface area contributed by atoms with Crippen LogP contribution in [0.4, 0.5) is 23.9 Å². The van der Waals surface area contributed by atoms with Gasteiger partial charge in [0.1, 0.15) is 6.10 Å². The summed E-state index contributed by atoms with van der Waals surface area (Å²) in [5.41, 5.74) is -1.44. The van der Waals surface area contributed by atoms with Crippen molar-refractivity contribution in [3.63, 3.8) is 0 Å². The molecule has 2 heterocycles. The van der Waals surface area contributed by atoms with Crippen molar-refractivity contribution in [3.05, 3.63) is 56.2 Å². The summed E-state index contributed by atoms with van der Waals surface area (Å²) in [6, 6.07) is 4.12. The minimum Gasteiger partial charge on any atom is -0.450 e. The maximum atomic E-state index is 13.2. The minimum absolute atomic E-state index is 0.133. The first-order valence-electron chi connectivity index (χ1n) is 10.4. The van der Waals surface area contributed by atoms with Gasteiger partial charge in [0.15, 0.2) is 11.2 Å². The van der Waals surface area contributed by atoms with Crippen molar-refractivity contribution in [1.82, 2.24) is 18.7 Å². The Kier molecular flexibility index (Phi) is 5.87. The first kappa shape index (κ1) is 23.4. The number of carboxylic acid groups (broad SMARTS) is 1. The number of halogens is 3. The molecule has 1 saturated carbocycles. The Morgan fingerprint density at radius 2 is 1.85 bits per heavy atom. The Bertz CT molecular complexity index is 1360. The van der Waals surface area contributed by atoms with Gasteiger partial charge in [-0.1, -0.05) is 12.1 Å². The van der Waals surface area contributed by atoms with Crippen LogP contribution in [0.3, 0.4) is 0 Å². The van der Waals surface area contributed by atoms with Gasteiger partial charge in [-0.15, -0.1) is 0 Å². The van der Waals surface area contributed by atoms with Crippen LogP contribution in [0, 0.1) is 0 Å². The number of nitrogens with one attached hydrogen (secondary N) is 1. The third-order valence-corrected chi connectivity index (χ3v) is 5.97. The van der Waals surface area contributed by atoms with Gasteiger partial charge in [-0.3, -0.25) is 13.9 Å². The SMILES string of the molecule is Cn1c(N[C@H]2CCC(OC(=O)O)C2)nc2c1c(=O)n(Cc1ccc(C(F)(F)F)cc1)c(=O)n2C. The number of aryl methyl sites for hydroxylation is 2. The highest BCUT2D eigenvalue weighted by atomic mass is 19.4. The normalized spacial score (nSPS) is 18.4. The Morgan fingerprint density at radius 3 is 2.47 bits per heavy atom. The number of alkyl halides is 3. The number of anilines is 1. The van der Waals surface area contributed by atoms with Crippen LogP contribution in [0.2, 0.25) is 0 Å². The summed E-state index contributed by atoms with van der Waals surface area (Å²) in [6.07, 6.45) is -4.63. The predicted octanol–water partition coefficient (Wildman–Crippen LogP) is 2.53. The molecule has 1 aromatic carbocycles. The number of hydrogen-bond donors (Lipinski definition) is 2. The average Bonchev–Trinajstić information content (AvgIpc) is 3.33. The number of ether oxygens (including phenoxy) is 1. The third-order valence-electron chi connectivity index (χ3n) is 5.97. The molecule has 0 bridgehead atoms. The fourth-order valence-electron chi connectivity index (χ4n) is 4.20. The molecule has 10 nitrogen and oxygen atoms in total. The van der Waals surface area contributed by atoms with Gasteiger partial charge in [0.2, 0.25) is 5.95 Å². The van der Waals surface area contributed by atoms with Crippen molar-refractivity contribution in [3.8, 4) is 0 Å². The van der Waals surface area contributed by atoms with E-state index in [2.05, 4.69) is 10.3 Å². The van der Waals surface area contributed by atoms with Gasteiger partial charge < -0.3 is 19.7 Å². The van der Waals surface area contributed by atoms with E-state index < -0.39 is 35.2 Å². The molecule has 0 spiro atoms. The van der Waals surface area contributed by atoms with E-state index in [1.165, 1.54) is 28.3 Å². The summed E-state index contributed by atoms with van der Waals surface area (Å²) in [4.78, 5) is 41.2. The fourth-order valence-corrected chi connectivity index (χ4v) is 4.20. The van der Waals surface area contributed by atoms with Crippen molar-refractivity contribution >= 4 is 23.3 Å². The van der Waals surface area contributed by atoms with Gasteiger partial charge in [-0.2, -0.15) is 18.2 Å². The van der Waals surface area contributed by atoms with Crippen molar-refractivity contribution in [2.75, 3.05) is 5.32 Å². The summed E-state index contributed by atoms with van der Waals surface area (Å²) in [7, 11) is 3.06. The lowest BCUT2D eigenvalue weighted by atomic mass is 10.1. The van der Waals surface area contributed by atoms with E-state index in [0.29, 0.717) is 30.8 Å². The lowest BCUT2D eigenvalue weighted by Gasteiger charge is -2.13. The predicted molar refractivity (Wildman–Crippen MR) is 115 cm³/mol.